The lowest BCUT2D eigenvalue weighted by Crippen LogP contribution is -2.08. The second-order valence-corrected chi connectivity index (χ2v) is 7.06. The SMILES string of the molecule is O=C(/C=C/C(=O)Oc1nc2ccccc2s1)Oc1nc2ccccc2s1. The standard InChI is InChI=1S/C18H10N2O4S2/c21-15(23-17-19-11-5-1-3-7-13(11)25-17)9-10-16(22)24-18-20-12-6-2-4-8-14(12)26-18/h1-10H/b10-9+. The molecule has 0 radical (unpaired) electrons. The number of hydrogen-bond donors (Lipinski definition) is 0. The normalized spacial score (nSPS) is 11.2. The van der Waals surface area contributed by atoms with Crippen LogP contribution in [-0.4, -0.2) is 21.9 Å². The molecule has 2 aromatic carbocycles. The fraction of sp³-hybridized carbons (Fsp3) is 0. The fourth-order valence-corrected chi connectivity index (χ4v) is 3.81. The Hall–Kier alpha value is -3.10. The van der Waals surface area contributed by atoms with E-state index in [9.17, 15) is 9.59 Å². The van der Waals surface area contributed by atoms with Gasteiger partial charge >= 0.3 is 11.9 Å². The van der Waals surface area contributed by atoms with Crippen molar-refractivity contribution in [3.8, 4) is 10.4 Å². The van der Waals surface area contributed by atoms with Crippen molar-refractivity contribution in [3.05, 3.63) is 60.7 Å². The van der Waals surface area contributed by atoms with Gasteiger partial charge in [0.25, 0.3) is 10.4 Å². The molecule has 2 heterocycles. The summed E-state index contributed by atoms with van der Waals surface area (Å²) in [5.41, 5.74) is 1.50. The zero-order valence-corrected chi connectivity index (χ0v) is 14.8. The highest BCUT2D eigenvalue weighted by molar-refractivity contribution is 7.20. The van der Waals surface area contributed by atoms with Gasteiger partial charge < -0.3 is 9.47 Å². The van der Waals surface area contributed by atoms with Crippen molar-refractivity contribution in [2.24, 2.45) is 0 Å². The van der Waals surface area contributed by atoms with Gasteiger partial charge in [0, 0.05) is 12.2 Å². The minimum atomic E-state index is -0.703. The molecule has 0 bridgehead atoms. The first kappa shape index (κ1) is 16.4. The lowest BCUT2D eigenvalue weighted by molar-refractivity contribution is -0.131. The quantitative estimate of drug-likeness (QED) is 0.392. The first-order valence-corrected chi connectivity index (χ1v) is 9.13. The maximum absolute atomic E-state index is 11.8. The minimum Gasteiger partial charge on any atom is -0.395 e. The van der Waals surface area contributed by atoms with Crippen LogP contribution >= 0.6 is 22.7 Å². The van der Waals surface area contributed by atoms with Crippen molar-refractivity contribution in [2.75, 3.05) is 0 Å². The Labute approximate surface area is 155 Å². The maximum Gasteiger partial charge on any atom is 0.338 e. The van der Waals surface area contributed by atoms with Crippen molar-refractivity contribution >= 4 is 55.0 Å². The number of para-hydroxylation sites is 2. The highest BCUT2D eigenvalue weighted by atomic mass is 32.1. The molecule has 6 nitrogen and oxygen atoms in total. The van der Waals surface area contributed by atoms with Crippen LogP contribution in [0.3, 0.4) is 0 Å². The van der Waals surface area contributed by atoms with Gasteiger partial charge in [0.05, 0.1) is 20.4 Å². The first-order valence-electron chi connectivity index (χ1n) is 7.50. The Morgan fingerprint density at radius 3 is 1.58 bits per heavy atom. The van der Waals surface area contributed by atoms with Crippen LogP contribution in [0.1, 0.15) is 0 Å². The van der Waals surface area contributed by atoms with E-state index in [1.54, 1.807) is 0 Å². The number of fused-ring (bicyclic) bond motifs is 2. The molecule has 0 unspecified atom stereocenters. The van der Waals surface area contributed by atoms with Crippen LogP contribution in [0.25, 0.3) is 20.4 Å². The highest BCUT2D eigenvalue weighted by Crippen LogP contribution is 2.28. The molecule has 128 valence electrons. The predicted molar refractivity (Wildman–Crippen MR) is 99.7 cm³/mol. The summed E-state index contributed by atoms with van der Waals surface area (Å²) in [6, 6.07) is 14.9. The number of aromatic nitrogens is 2. The molecule has 8 heteroatoms. The number of carbonyl (C=O) groups is 2. The van der Waals surface area contributed by atoms with Crippen LogP contribution in [0.4, 0.5) is 0 Å². The number of nitrogens with zero attached hydrogens (tertiary/aromatic N) is 2. The smallest absolute Gasteiger partial charge is 0.338 e. The zero-order chi connectivity index (χ0) is 17.9. The molecule has 4 rings (SSSR count). The van der Waals surface area contributed by atoms with Crippen LogP contribution in [0.2, 0.25) is 0 Å². The number of benzene rings is 2. The van der Waals surface area contributed by atoms with Crippen LogP contribution in [0, 0.1) is 0 Å². The molecule has 0 N–H and O–H groups in total. The molecule has 2 aromatic heterocycles. The molecule has 0 atom stereocenters. The molecular weight excluding hydrogens is 372 g/mol. The van der Waals surface area contributed by atoms with Gasteiger partial charge in [0.15, 0.2) is 0 Å². The van der Waals surface area contributed by atoms with Gasteiger partial charge in [-0.05, 0) is 24.3 Å². The van der Waals surface area contributed by atoms with Crippen molar-refractivity contribution in [1.29, 1.82) is 0 Å². The molecule has 0 aliphatic heterocycles. The fourth-order valence-electron chi connectivity index (χ4n) is 2.17. The topological polar surface area (TPSA) is 78.4 Å². The van der Waals surface area contributed by atoms with E-state index in [-0.39, 0.29) is 10.4 Å². The lowest BCUT2D eigenvalue weighted by atomic mass is 10.3. The second kappa shape index (κ2) is 7.03. The molecule has 4 aromatic rings. The summed E-state index contributed by atoms with van der Waals surface area (Å²) in [7, 11) is 0. The third kappa shape index (κ3) is 3.61. The Morgan fingerprint density at radius 2 is 1.15 bits per heavy atom. The average molecular weight is 382 g/mol. The molecule has 0 spiro atoms. The van der Waals surface area contributed by atoms with E-state index in [0.29, 0.717) is 0 Å². The summed E-state index contributed by atoms with van der Waals surface area (Å²) in [5.74, 6) is -1.41. The Bertz CT molecular complexity index is 990. The second-order valence-electron chi connectivity index (χ2n) is 5.07. The first-order chi connectivity index (χ1) is 12.7. The van der Waals surface area contributed by atoms with Crippen LogP contribution in [-0.2, 0) is 9.59 Å². The number of ether oxygens (including phenoxy) is 2. The van der Waals surface area contributed by atoms with Crippen molar-refractivity contribution in [2.45, 2.75) is 0 Å². The Morgan fingerprint density at radius 1 is 0.731 bits per heavy atom. The molecule has 0 saturated heterocycles. The highest BCUT2D eigenvalue weighted by Gasteiger charge is 2.10. The van der Waals surface area contributed by atoms with Gasteiger partial charge in [-0.25, -0.2) is 19.6 Å². The van der Waals surface area contributed by atoms with Gasteiger partial charge in [-0.2, -0.15) is 0 Å². The van der Waals surface area contributed by atoms with Gasteiger partial charge in [0.1, 0.15) is 0 Å². The molecule has 0 aliphatic rings. The molecular formula is C18H10N2O4S2. The summed E-state index contributed by atoms with van der Waals surface area (Å²) < 4.78 is 12.0. The number of carbonyl (C=O) groups excluding carboxylic acids is 2. The lowest BCUT2D eigenvalue weighted by Gasteiger charge is -1.95. The van der Waals surface area contributed by atoms with Gasteiger partial charge in [-0.15, -0.1) is 0 Å². The van der Waals surface area contributed by atoms with E-state index < -0.39 is 11.9 Å². The number of hydrogen-bond acceptors (Lipinski definition) is 8. The van der Waals surface area contributed by atoms with E-state index >= 15 is 0 Å². The molecule has 26 heavy (non-hydrogen) atoms. The van der Waals surface area contributed by atoms with Gasteiger partial charge in [-0.1, -0.05) is 46.9 Å². The molecule has 0 saturated carbocycles. The number of esters is 2. The third-order valence-electron chi connectivity index (χ3n) is 3.28. The van der Waals surface area contributed by atoms with Crippen molar-refractivity contribution in [3.63, 3.8) is 0 Å². The van der Waals surface area contributed by atoms with Crippen molar-refractivity contribution < 1.29 is 19.1 Å². The minimum absolute atomic E-state index is 0.223. The number of thiazole rings is 2. The van der Waals surface area contributed by atoms with E-state index in [0.717, 1.165) is 32.6 Å². The summed E-state index contributed by atoms with van der Waals surface area (Å²) in [4.78, 5) is 32.0. The zero-order valence-electron chi connectivity index (χ0n) is 13.1. The van der Waals surface area contributed by atoms with E-state index in [1.807, 2.05) is 48.5 Å². The van der Waals surface area contributed by atoms with Gasteiger partial charge in [0.2, 0.25) is 0 Å². The molecule has 0 amide bonds. The van der Waals surface area contributed by atoms with Crippen LogP contribution in [0.5, 0.6) is 10.4 Å². The largest absolute Gasteiger partial charge is 0.395 e. The van der Waals surface area contributed by atoms with Crippen LogP contribution < -0.4 is 9.47 Å². The summed E-state index contributed by atoms with van der Waals surface area (Å²) in [5, 5.41) is 0.445. The van der Waals surface area contributed by atoms with E-state index in [4.69, 9.17) is 9.47 Å². The summed E-state index contributed by atoms with van der Waals surface area (Å²) >= 11 is 2.50. The van der Waals surface area contributed by atoms with Crippen LogP contribution in [0.15, 0.2) is 60.7 Å². The molecule has 0 fully saturated rings. The molecule has 0 aliphatic carbocycles. The summed E-state index contributed by atoms with van der Waals surface area (Å²) in [6.07, 6.45) is 2.00. The predicted octanol–water partition coefficient (Wildman–Crippen LogP) is 3.97. The maximum atomic E-state index is 11.8. The summed E-state index contributed by atoms with van der Waals surface area (Å²) in [6.45, 7) is 0. The third-order valence-corrected chi connectivity index (χ3v) is 5.11. The van der Waals surface area contributed by atoms with E-state index in [2.05, 4.69) is 9.97 Å². The Kier molecular flexibility index (Phi) is 4.42. The monoisotopic (exact) mass is 382 g/mol. The Balaban J connectivity index is 1.38. The van der Waals surface area contributed by atoms with E-state index in [1.165, 1.54) is 22.7 Å². The number of rotatable bonds is 4. The van der Waals surface area contributed by atoms with Crippen molar-refractivity contribution in [1.82, 2.24) is 9.97 Å². The van der Waals surface area contributed by atoms with Gasteiger partial charge in [-0.3, -0.25) is 0 Å². The average Bonchev–Trinajstić information content (AvgIpc) is 3.22.